The van der Waals surface area contributed by atoms with Crippen LogP contribution in [0, 0.1) is 0 Å². The van der Waals surface area contributed by atoms with Crippen molar-refractivity contribution in [2.75, 3.05) is 14.1 Å². The number of carbonyl (C=O) groups is 1. The van der Waals surface area contributed by atoms with Crippen molar-refractivity contribution in [3.05, 3.63) is 59.7 Å². The van der Waals surface area contributed by atoms with Crippen LogP contribution in [-0.2, 0) is 5.41 Å². The molecule has 0 heterocycles. The molecule has 0 N–H and O–H groups in total. The normalized spacial score (nSPS) is 15.6. The van der Waals surface area contributed by atoms with Crippen LogP contribution >= 0.6 is 0 Å². The summed E-state index contributed by atoms with van der Waals surface area (Å²) in [4.78, 5) is 13.3. The zero-order chi connectivity index (χ0) is 18.2. The van der Waals surface area contributed by atoms with Crippen LogP contribution in [0.3, 0.4) is 0 Å². The average Bonchev–Trinajstić information content (AvgIpc) is 3.37. The first-order valence-electron chi connectivity index (χ1n) is 7.90. The first-order chi connectivity index (χ1) is 11.7. The number of ether oxygens (including phenoxy) is 1. The number of nitrogens with zero attached hydrogens (tertiary/aromatic N) is 1. The van der Waals surface area contributed by atoms with Crippen LogP contribution < -0.4 is 4.74 Å². The quantitative estimate of drug-likeness (QED) is 0.795. The molecule has 0 atom stereocenters. The summed E-state index contributed by atoms with van der Waals surface area (Å²) in [5, 5.41) is 0. The van der Waals surface area contributed by atoms with Gasteiger partial charge in [0.25, 0.3) is 5.91 Å². The molecule has 0 aromatic heterocycles. The maximum atomic E-state index is 13.1. The lowest BCUT2D eigenvalue weighted by atomic mass is 9.95. The topological polar surface area (TPSA) is 29.5 Å². The Bertz CT molecular complexity index is 761. The fraction of sp³-hybridized carbons (Fsp3) is 0.316. The minimum atomic E-state index is -4.22. The Morgan fingerprint density at radius 3 is 1.84 bits per heavy atom. The molecule has 1 saturated carbocycles. The average molecular weight is 349 g/mol. The summed E-state index contributed by atoms with van der Waals surface area (Å²) in [6, 6.07) is 12.6. The molecule has 2 aromatic rings. The third-order valence-electron chi connectivity index (χ3n) is 4.44. The molecule has 3 nitrogen and oxygen atoms in total. The predicted octanol–water partition coefficient (Wildman–Crippen LogP) is 4.77. The number of halogens is 3. The number of benzene rings is 2. The van der Waals surface area contributed by atoms with Gasteiger partial charge in [0.1, 0.15) is 11.5 Å². The first kappa shape index (κ1) is 17.3. The lowest BCUT2D eigenvalue weighted by Gasteiger charge is -2.19. The minimum absolute atomic E-state index is 0.113. The Morgan fingerprint density at radius 2 is 1.44 bits per heavy atom. The molecule has 1 aliphatic rings. The van der Waals surface area contributed by atoms with E-state index in [0.29, 0.717) is 17.1 Å². The van der Waals surface area contributed by atoms with Gasteiger partial charge in [0.2, 0.25) is 0 Å². The number of alkyl halides is 3. The number of amides is 1. The molecular weight excluding hydrogens is 331 g/mol. The standard InChI is InChI=1S/C19H18F3NO2/c1-23(2)17(24)13-3-7-15(8-4-13)25-16-9-5-14(6-10-16)18(11-12-18)19(20,21)22/h3-10H,11-12H2,1-2H3. The van der Waals surface area contributed by atoms with E-state index in [4.69, 9.17) is 4.74 Å². The molecule has 0 spiro atoms. The maximum absolute atomic E-state index is 13.1. The third kappa shape index (κ3) is 3.34. The highest BCUT2D eigenvalue weighted by Gasteiger charge is 2.64. The SMILES string of the molecule is CN(C)C(=O)c1ccc(Oc2ccc(C3(C(F)(F)F)CC3)cc2)cc1. The van der Waals surface area contributed by atoms with E-state index in [9.17, 15) is 18.0 Å². The number of hydrogen-bond acceptors (Lipinski definition) is 2. The monoisotopic (exact) mass is 349 g/mol. The van der Waals surface area contributed by atoms with Gasteiger partial charge in [-0.1, -0.05) is 12.1 Å². The molecule has 6 heteroatoms. The van der Waals surface area contributed by atoms with Crippen molar-refractivity contribution in [3.63, 3.8) is 0 Å². The van der Waals surface area contributed by atoms with E-state index in [0.717, 1.165) is 0 Å². The van der Waals surface area contributed by atoms with Gasteiger partial charge in [0, 0.05) is 19.7 Å². The molecule has 132 valence electrons. The van der Waals surface area contributed by atoms with Gasteiger partial charge in [0.15, 0.2) is 0 Å². The van der Waals surface area contributed by atoms with Crippen molar-refractivity contribution >= 4 is 5.91 Å². The summed E-state index contributed by atoms with van der Waals surface area (Å²) in [7, 11) is 3.34. The first-order valence-corrected chi connectivity index (χ1v) is 7.90. The Balaban J connectivity index is 1.71. The van der Waals surface area contributed by atoms with Crippen LogP contribution in [0.1, 0.15) is 28.8 Å². The molecule has 0 bridgehead atoms. The van der Waals surface area contributed by atoms with E-state index in [2.05, 4.69) is 0 Å². The van der Waals surface area contributed by atoms with Crippen LogP contribution in [0.2, 0.25) is 0 Å². The lowest BCUT2D eigenvalue weighted by Crippen LogP contribution is -2.28. The second-order valence-corrected chi connectivity index (χ2v) is 6.43. The van der Waals surface area contributed by atoms with Gasteiger partial charge in [-0.25, -0.2) is 0 Å². The van der Waals surface area contributed by atoms with Gasteiger partial charge in [-0.05, 0) is 54.8 Å². The van der Waals surface area contributed by atoms with E-state index in [1.54, 1.807) is 50.5 Å². The van der Waals surface area contributed by atoms with E-state index in [1.807, 2.05) is 0 Å². The molecule has 0 radical (unpaired) electrons. The largest absolute Gasteiger partial charge is 0.457 e. The number of rotatable bonds is 4. The van der Waals surface area contributed by atoms with Crippen molar-refractivity contribution in [1.82, 2.24) is 4.90 Å². The molecule has 3 rings (SSSR count). The predicted molar refractivity (Wildman–Crippen MR) is 87.9 cm³/mol. The molecule has 0 unspecified atom stereocenters. The van der Waals surface area contributed by atoms with E-state index >= 15 is 0 Å². The highest BCUT2D eigenvalue weighted by atomic mass is 19.4. The molecule has 1 amide bonds. The molecule has 25 heavy (non-hydrogen) atoms. The second kappa shape index (κ2) is 6.10. The van der Waals surface area contributed by atoms with Crippen LogP contribution in [-0.4, -0.2) is 31.1 Å². The van der Waals surface area contributed by atoms with Crippen molar-refractivity contribution in [1.29, 1.82) is 0 Å². The zero-order valence-corrected chi connectivity index (χ0v) is 13.9. The van der Waals surface area contributed by atoms with E-state index in [1.165, 1.54) is 17.0 Å². The number of hydrogen-bond donors (Lipinski definition) is 0. The Labute approximate surface area is 144 Å². The summed E-state index contributed by atoms with van der Waals surface area (Å²) >= 11 is 0. The molecule has 0 saturated heterocycles. The van der Waals surface area contributed by atoms with Gasteiger partial charge in [-0.3, -0.25) is 4.79 Å². The summed E-state index contributed by atoms with van der Waals surface area (Å²) in [6.07, 6.45) is -3.94. The van der Waals surface area contributed by atoms with Crippen LogP contribution in [0.4, 0.5) is 13.2 Å². The van der Waals surface area contributed by atoms with Crippen molar-refractivity contribution in [2.45, 2.75) is 24.4 Å². The van der Waals surface area contributed by atoms with Gasteiger partial charge < -0.3 is 9.64 Å². The molecule has 1 fully saturated rings. The van der Waals surface area contributed by atoms with Crippen LogP contribution in [0.25, 0.3) is 0 Å². The third-order valence-corrected chi connectivity index (χ3v) is 4.44. The Hall–Kier alpha value is -2.50. The summed E-state index contributed by atoms with van der Waals surface area (Å²) < 4.78 is 45.0. The van der Waals surface area contributed by atoms with Gasteiger partial charge in [0.05, 0.1) is 5.41 Å². The lowest BCUT2D eigenvalue weighted by molar-refractivity contribution is -0.160. The summed E-state index contributed by atoms with van der Waals surface area (Å²) in [5.41, 5.74) is -0.868. The fourth-order valence-corrected chi connectivity index (χ4v) is 2.76. The van der Waals surface area contributed by atoms with Crippen molar-refractivity contribution in [3.8, 4) is 11.5 Å². The highest BCUT2D eigenvalue weighted by Crippen LogP contribution is 2.58. The summed E-state index contributed by atoms with van der Waals surface area (Å²) in [6.45, 7) is 0. The van der Waals surface area contributed by atoms with Gasteiger partial charge in [-0.15, -0.1) is 0 Å². The van der Waals surface area contributed by atoms with Crippen LogP contribution in [0.15, 0.2) is 48.5 Å². The molecule has 2 aromatic carbocycles. The highest BCUT2D eigenvalue weighted by molar-refractivity contribution is 5.93. The fourth-order valence-electron chi connectivity index (χ4n) is 2.76. The smallest absolute Gasteiger partial charge is 0.398 e. The van der Waals surface area contributed by atoms with Crippen LogP contribution in [0.5, 0.6) is 11.5 Å². The molecular formula is C19H18F3NO2. The second-order valence-electron chi connectivity index (χ2n) is 6.43. The Morgan fingerprint density at radius 1 is 0.960 bits per heavy atom. The Kier molecular flexibility index (Phi) is 4.22. The van der Waals surface area contributed by atoms with Crippen molar-refractivity contribution < 1.29 is 22.7 Å². The van der Waals surface area contributed by atoms with Gasteiger partial charge >= 0.3 is 6.18 Å². The maximum Gasteiger partial charge on any atom is 0.398 e. The van der Waals surface area contributed by atoms with Gasteiger partial charge in [-0.2, -0.15) is 13.2 Å². The van der Waals surface area contributed by atoms with E-state index in [-0.39, 0.29) is 24.3 Å². The summed E-state index contributed by atoms with van der Waals surface area (Å²) in [5.74, 6) is 0.853. The minimum Gasteiger partial charge on any atom is -0.457 e. The van der Waals surface area contributed by atoms with E-state index < -0.39 is 11.6 Å². The molecule has 1 aliphatic carbocycles. The molecule has 0 aliphatic heterocycles. The number of carbonyl (C=O) groups excluding carboxylic acids is 1. The zero-order valence-electron chi connectivity index (χ0n) is 13.9. The van der Waals surface area contributed by atoms with Crippen molar-refractivity contribution in [2.24, 2.45) is 0 Å².